The average molecular weight is 490 g/mol. The van der Waals surface area contributed by atoms with Crippen molar-refractivity contribution in [1.29, 1.82) is 0 Å². The van der Waals surface area contributed by atoms with E-state index in [0.717, 1.165) is 28.2 Å². The van der Waals surface area contributed by atoms with Crippen LogP contribution in [-0.4, -0.2) is 4.98 Å². The molecule has 2 nitrogen and oxygen atoms in total. The Kier molecular flexibility index (Phi) is 6.37. The van der Waals surface area contributed by atoms with Crippen molar-refractivity contribution in [2.75, 3.05) is 0 Å². The summed E-state index contributed by atoms with van der Waals surface area (Å²) in [6.45, 7) is 2.18. The molecule has 6 rings (SSSR count). The van der Waals surface area contributed by atoms with Gasteiger partial charge in [0.2, 0.25) is 5.69 Å². The topological polar surface area (TPSA) is 16.8 Å². The van der Waals surface area contributed by atoms with Gasteiger partial charge in [-0.15, -0.1) is 0 Å². The molecule has 182 valence electrons. The zero-order chi connectivity index (χ0) is 25.9. The molecule has 5 aromatic carbocycles. The van der Waals surface area contributed by atoms with Crippen LogP contribution < -0.4 is 4.57 Å². The molecule has 38 heavy (non-hydrogen) atoms. The predicted molar refractivity (Wildman–Crippen MR) is 157 cm³/mol. The van der Waals surface area contributed by atoms with Gasteiger partial charge in [-0.1, -0.05) is 121 Å². The van der Waals surface area contributed by atoms with Crippen molar-refractivity contribution in [3.63, 3.8) is 0 Å². The van der Waals surface area contributed by atoms with Crippen LogP contribution in [0.2, 0.25) is 0 Å². The number of aryl methyl sites for hydroxylation is 2. The highest BCUT2D eigenvalue weighted by molar-refractivity contribution is 5.83. The highest BCUT2D eigenvalue weighted by atomic mass is 15.0. The van der Waals surface area contributed by atoms with Crippen LogP contribution in [0, 0.1) is 6.92 Å². The number of nitrogens with zero attached hydrogens (tertiary/aromatic N) is 2. The van der Waals surface area contributed by atoms with Crippen molar-refractivity contribution in [1.82, 2.24) is 4.98 Å². The summed E-state index contributed by atoms with van der Waals surface area (Å²) in [6, 6.07) is 46.9. The van der Waals surface area contributed by atoms with Crippen molar-refractivity contribution in [3.05, 3.63) is 145 Å². The molecule has 0 fully saturated rings. The fourth-order valence-corrected chi connectivity index (χ4v) is 5.05. The van der Waals surface area contributed by atoms with Crippen LogP contribution in [0.15, 0.2) is 140 Å². The van der Waals surface area contributed by atoms with Crippen molar-refractivity contribution >= 4 is 0 Å². The third-order valence-electron chi connectivity index (χ3n) is 7.04. The van der Waals surface area contributed by atoms with Gasteiger partial charge in [0, 0.05) is 11.1 Å². The van der Waals surface area contributed by atoms with Crippen LogP contribution >= 0.6 is 0 Å². The molecule has 0 unspecified atom stereocenters. The quantitative estimate of drug-likeness (QED) is 0.222. The van der Waals surface area contributed by atoms with Gasteiger partial charge in [-0.2, -0.15) is 4.57 Å². The molecule has 6 aromatic rings. The normalized spacial score (nSPS) is 10.9. The molecule has 0 bridgehead atoms. The van der Waals surface area contributed by atoms with E-state index < -0.39 is 0 Å². The molecule has 0 amide bonds. The Morgan fingerprint density at radius 2 is 1.03 bits per heavy atom. The van der Waals surface area contributed by atoms with Crippen LogP contribution in [-0.2, 0) is 7.05 Å². The Morgan fingerprint density at radius 1 is 0.500 bits per heavy atom. The number of hydrogen-bond acceptors (Lipinski definition) is 1. The smallest absolute Gasteiger partial charge is 0.234 e. The van der Waals surface area contributed by atoms with E-state index in [1.54, 1.807) is 0 Å². The summed E-state index contributed by atoms with van der Waals surface area (Å²) < 4.78 is 2.23. The van der Waals surface area contributed by atoms with Gasteiger partial charge in [0.25, 0.3) is 0 Å². The molecule has 0 aliphatic rings. The summed E-state index contributed by atoms with van der Waals surface area (Å²) in [5.41, 5.74) is 12.4. The molecule has 0 saturated carbocycles. The lowest BCUT2D eigenvalue weighted by molar-refractivity contribution is -0.659. The van der Waals surface area contributed by atoms with Gasteiger partial charge in [0.15, 0.2) is 6.20 Å². The largest absolute Gasteiger partial charge is 0.239 e. The van der Waals surface area contributed by atoms with Gasteiger partial charge < -0.3 is 0 Å². The molecular formula is C36H29N2+. The van der Waals surface area contributed by atoms with Crippen LogP contribution in [0.5, 0.6) is 0 Å². The number of hydrogen-bond donors (Lipinski definition) is 0. The van der Waals surface area contributed by atoms with Crippen molar-refractivity contribution in [2.24, 2.45) is 7.05 Å². The lowest BCUT2D eigenvalue weighted by Crippen LogP contribution is -2.32. The molecule has 0 atom stereocenters. The molecule has 0 radical (unpaired) electrons. The SMILES string of the molecule is Cc1ccc(-c2ccccc2)cc1-c1c(-c2cccc(-c3ccccc3)c2)nc(-c2ccccc2)c[n+]1C. The van der Waals surface area contributed by atoms with Crippen LogP contribution in [0.25, 0.3) is 56.0 Å². The summed E-state index contributed by atoms with van der Waals surface area (Å²) >= 11 is 0. The van der Waals surface area contributed by atoms with Gasteiger partial charge in [0.05, 0.1) is 5.56 Å². The lowest BCUT2D eigenvalue weighted by atomic mass is 9.94. The van der Waals surface area contributed by atoms with E-state index in [1.807, 2.05) is 6.07 Å². The van der Waals surface area contributed by atoms with Gasteiger partial charge >= 0.3 is 0 Å². The van der Waals surface area contributed by atoms with Crippen LogP contribution in [0.3, 0.4) is 0 Å². The fraction of sp³-hybridized carbons (Fsp3) is 0.0556. The van der Waals surface area contributed by atoms with E-state index in [4.69, 9.17) is 4.98 Å². The average Bonchev–Trinajstić information content (AvgIpc) is 2.99. The Hall–Kier alpha value is -4.82. The van der Waals surface area contributed by atoms with E-state index in [-0.39, 0.29) is 0 Å². The summed E-state index contributed by atoms with van der Waals surface area (Å²) in [7, 11) is 2.13. The molecule has 2 heteroatoms. The van der Waals surface area contributed by atoms with E-state index >= 15 is 0 Å². The molecule has 0 aliphatic heterocycles. The molecule has 0 saturated heterocycles. The third-order valence-corrected chi connectivity index (χ3v) is 7.04. The van der Waals surface area contributed by atoms with Crippen molar-refractivity contribution in [3.8, 4) is 56.0 Å². The first-order valence-electron chi connectivity index (χ1n) is 13.0. The predicted octanol–water partition coefficient (Wildman–Crippen LogP) is 8.55. The van der Waals surface area contributed by atoms with E-state index in [0.29, 0.717) is 0 Å². The zero-order valence-corrected chi connectivity index (χ0v) is 21.7. The second-order valence-corrected chi connectivity index (χ2v) is 9.64. The van der Waals surface area contributed by atoms with Gasteiger partial charge in [-0.25, -0.2) is 4.98 Å². The monoisotopic (exact) mass is 489 g/mol. The van der Waals surface area contributed by atoms with Crippen molar-refractivity contribution < 1.29 is 4.57 Å². The molecular weight excluding hydrogens is 460 g/mol. The summed E-state index contributed by atoms with van der Waals surface area (Å²) in [5, 5.41) is 0. The maximum absolute atomic E-state index is 5.31. The molecule has 1 heterocycles. The summed E-state index contributed by atoms with van der Waals surface area (Å²) in [4.78, 5) is 5.31. The maximum atomic E-state index is 5.31. The van der Waals surface area contributed by atoms with E-state index in [2.05, 4.69) is 152 Å². The van der Waals surface area contributed by atoms with Crippen LogP contribution in [0.4, 0.5) is 0 Å². The Morgan fingerprint density at radius 3 is 1.66 bits per heavy atom. The van der Waals surface area contributed by atoms with Crippen molar-refractivity contribution in [2.45, 2.75) is 6.92 Å². The summed E-state index contributed by atoms with van der Waals surface area (Å²) in [6.07, 6.45) is 2.14. The van der Waals surface area contributed by atoms with Gasteiger partial charge in [0.1, 0.15) is 18.4 Å². The van der Waals surface area contributed by atoms with Gasteiger partial charge in [-0.3, -0.25) is 0 Å². The minimum atomic E-state index is 0.953. The molecule has 0 aliphatic carbocycles. The van der Waals surface area contributed by atoms with E-state index in [9.17, 15) is 0 Å². The standard InChI is InChI=1S/C36H29N2/c1-26-21-22-31(28-15-8-4-9-16-28)24-33(26)36-35(37-34(25-38(36)2)29-17-10-5-11-18-29)32-20-12-19-30(23-32)27-13-6-3-7-14-27/h3-25H,1-2H3/q+1. The van der Waals surface area contributed by atoms with E-state index in [1.165, 1.54) is 33.4 Å². The Bertz CT molecular complexity index is 1710. The Balaban J connectivity index is 1.59. The first-order chi connectivity index (χ1) is 18.7. The third kappa shape index (κ3) is 4.65. The maximum Gasteiger partial charge on any atom is 0.239 e. The van der Waals surface area contributed by atoms with Crippen LogP contribution in [0.1, 0.15) is 5.56 Å². The van der Waals surface area contributed by atoms with Gasteiger partial charge in [-0.05, 0) is 46.9 Å². The minimum absolute atomic E-state index is 0.953. The number of benzene rings is 5. The number of aromatic nitrogens is 2. The second kappa shape index (κ2) is 10.3. The second-order valence-electron chi connectivity index (χ2n) is 9.64. The molecule has 0 N–H and O–H groups in total. The minimum Gasteiger partial charge on any atom is -0.234 e. The number of rotatable bonds is 5. The fourth-order valence-electron chi connectivity index (χ4n) is 5.05. The zero-order valence-electron chi connectivity index (χ0n) is 21.7. The highest BCUT2D eigenvalue weighted by Gasteiger charge is 2.24. The Labute approximate surface area is 224 Å². The molecule has 0 spiro atoms. The lowest BCUT2D eigenvalue weighted by Gasteiger charge is -2.14. The first-order valence-corrected chi connectivity index (χ1v) is 13.0. The first kappa shape index (κ1) is 23.6. The highest BCUT2D eigenvalue weighted by Crippen LogP contribution is 2.35. The summed E-state index contributed by atoms with van der Waals surface area (Å²) in [5.74, 6) is 0. The molecule has 1 aromatic heterocycles.